The van der Waals surface area contributed by atoms with Gasteiger partial charge in [0.2, 0.25) is 0 Å². The lowest BCUT2D eigenvalue weighted by molar-refractivity contribution is 0.280. The Morgan fingerprint density at radius 3 is 3.08 bits per heavy atom. The molecule has 0 N–H and O–H groups in total. The van der Waals surface area contributed by atoms with Crippen molar-refractivity contribution in [3.8, 4) is 5.75 Å². The van der Waals surface area contributed by atoms with E-state index in [2.05, 4.69) is 0 Å². The molecule has 0 aromatic heterocycles. The summed E-state index contributed by atoms with van der Waals surface area (Å²) >= 11 is 5.93. The van der Waals surface area contributed by atoms with Gasteiger partial charge in [0.25, 0.3) is 0 Å². The molecule has 12 heavy (non-hydrogen) atoms. The van der Waals surface area contributed by atoms with Crippen LogP contribution in [0.2, 0.25) is 0 Å². The molecule has 1 aliphatic heterocycles. The van der Waals surface area contributed by atoms with Gasteiger partial charge in [-0.2, -0.15) is 0 Å². The fraction of sp³-hybridized carbons (Fsp3) is 0.333. The summed E-state index contributed by atoms with van der Waals surface area (Å²) in [5.74, 6) is 0.313. The molecular weight excluding hydrogens is 179 g/mol. The van der Waals surface area contributed by atoms with Gasteiger partial charge in [-0.25, -0.2) is 4.39 Å². The Hall–Kier alpha value is -0.760. The number of ether oxygens (including phenoxy) is 1. The average molecular weight is 187 g/mol. The molecule has 3 heteroatoms. The highest BCUT2D eigenvalue weighted by Crippen LogP contribution is 2.37. The largest absolute Gasteiger partial charge is 0.493 e. The first-order valence-electron chi connectivity index (χ1n) is 3.84. The monoisotopic (exact) mass is 186 g/mol. The van der Waals surface area contributed by atoms with E-state index in [1.807, 2.05) is 0 Å². The second-order valence-electron chi connectivity index (χ2n) is 2.76. The van der Waals surface area contributed by atoms with Gasteiger partial charge in [0.05, 0.1) is 12.0 Å². The number of halogens is 2. The zero-order valence-corrected chi connectivity index (χ0v) is 7.14. The van der Waals surface area contributed by atoms with Crippen LogP contribution in [0, 0.1) is 5.82 Å². The Balaban J connectivity index is 2.53. The van der Waals surface area contributed by atoms with Gasteiger partial charge >= 0.3 is 0 Å². The van der Waals surface area contributed by atoms with Crippen molar-refractivity contribution in [1.29, 1.82) is 0 Å². The molecule has 64 valence electrons. The molecule has 2 rings (SSSR count). The summed E-state index contributed by atoms with van der Waals surface area (Å²) < 4.78 is 18.4. The molecule has 0 fully saturated rings. The maximum absolute atomic E-state index is 13.2. The predicted octanol–water partition coefficient (Wildman–Crippen LogP) is 2.89. The predicted molar refractivity (Wildman–Crippen MR) is 45.1 cm³/mol. The molecule has 1 aromatic carbocycles. The molecule has 0 bridgehead atoms. The van der Waals surface area contributed by atoms with E-state index in [-0.39, 0.29) is 11.2 Å². The Labute approximate surface area is 75.1 Å². The number of hydrogen-bond acceptors (Lipinski definition) is 1. The maximum atomic E-state index is 13.2. The molecule has 1 atom stereocenters. The lowest BCUT2D eigenvalue weighted by Crippen LogP contribution is -2.11. The molecule has 1 heterocycles. The van der Waals surface area contributed by atoms with E-state index in [0.29, 0.717) is 24.3 Å². The number of hydrogen-bond donors (Lipinski definition) is 0. The molecule has 0 saturated carbocycles. The highest BCUT2D eigenvalue weighted by Gasteiger charge is 2.22. The second-order valence-corrected chi connectivity index (χ2v) is 3.28. The summed E-state index contributed by atoms with van der Waals surface area (Å²) in [6, 6.07) is 4.78. The van der Waals surface area contributed by atoms with E-state index in [9.17, 15) is 4.39 Å². The van der Waals surface area contributed by atoms with Gasteiger partial charge in [-0.3, -0.25) is 0 Å². The zero-order valence-electron chi connectivity index (χ0n) is 6.39. The van der Waals surface area contributed by atoms with Crippen LogP contribution in [0.15, 0.2) is 18.2 Å². The quantitative estimate of drug-likeness (QED) is 0.566. The van der Waals surface area contributed by atoms with Gasteiger partial charge in [-0.15, -0.1) is 11.6 Å². The molecule has 0 spiro atoms. The first-order chi connectivity index (χ1) is 5.79. The van der Waals surface area contributed by atoms with Crippen molar-refractivity contribution in [1.82, 2.24) is 0 Å². The number of alkyl halides is 1. The van der Waals surface area contributed by atoms with Gasteiger partial charge < -0.3 is 4.74 Å². The van der Waals surface area contributed by atoms with E-state index in [1.165, 1.54) is 6.07 Å². The minimum absolute atomic E-state index is 0.241. The van der Waals surface area contributed by atoms with Gasteiger partial charge in [0.1, 0.15) is 11.6 Å². The SMILES string of the molecule is Fc1cccc2c1[C@@H](Cl)CCO2. The van der Waals surface area contributed by atoms with Crippen LogP contribution in [0.3, 0.4) is 0 Å². The molecule has 0 saturated heterocycles. The molecule has 0 aliphatic carbocycles. The second kappa shape index (κ2) is 2.94. The van der Waals surface area contributed by atoms with Gasteiger partial charge in [0.15, 0.2) is 0 Å². The van der Waals surface area contributed by atoms with Crippen LogP contribution in [-0.4, -0.2) is 6.61 Å². The Bertz CT molecular complexity index is 301. The van der Waals surface area contributed by atoms with Crippen molar-refractivity contribution in [2.24, 2.45) is 0 Å². The fourth-order valence-electron chi connectivity index (χ4n) is 1.36. The van der Waals surface area contributed by atoms with Crippen LogP contribution in [0.4, 0.5) is 4.39 Å². The van der Waals surface area contributed by atoms with E-state index >= 15 is 0 Å². The van der Waals surface area contributed by atoms with Crippen LogP contribution in [0.5, 0.6) is 5.75 Å². The first-order valence-corrected chi connectivity index (χ1v) is 4.28. The standard InChI is InChI=1S/C9H8ClFO/c10-6-4-5-12-8-3-1-2-7(11)9(6)8/h1-3,6H,4-5H2/t6-/m0/s1. The Kier molecular flexibility index (Phi) is 1.93. The highest BCUT2D eigenvalue weighted by molar-refractivity contribution is 6.21. The maximum Gasteiger partial charge on any atom is 0.131 e. The highest BCUT2D eigenvalue weighted by atomic mass is 35.5. The Morgan fingerprint density at radius 1 is 1.50 bits per heavy atom. The first kappa shape index (κ1) is 7.87. The number of rotatable bonds is 0. The van der Waals surface area contributed by atoms with Crippen molar-refractivity contribution in [3.63, 3.8) is 0 Å². The van der Waals surface area contributed by atoms with Crippen LogP contribution >= 0.6 is 11.6 Å². The van der Waals surface area contributed by atoms with E-state index in [4.69, 9.17) is 16.3 Å². The number of benzene rings is 1. The smallest absolute Gasteiger partial charge is 0.131 e. The minimum Gasteiger partial charge on any atom is -0.493 e. The van der Waals surface area contributed by atoms with Crippen LogP contribution < -0.4 is 4.74 Å². The third kappa shape index (κ3) is 1.16. The topological polar surface area (TPSA) is 9.23 Å². The molecular formula is C9H8ClFO. The van der Waals surface area contributed by atoms with Crippen molar-refractivity contribution >= 4 is 11.6 Å². The minimum atomic E-state index is -0.271. The number of fused-ring (bicyclic) bond motifs is 1. The Morgan fingerprint density at radius 2 is 2.33 bits per heavy atom. The van der Waals surface area contributed by atoms with Crippen LogP contribution in [0.25, 0.3) is 0 Å². The summed E-state index contributed by atoms with van der Waals surface area (Å²) in [7, 11) is 0. The molecule has 1 aromatic rings. The molecule has 1 nitrogen and oxygen atoms in total. The molecule has 0 unspecified atom stereocenters. The average Bonchev–Trinajstić information content (AvgIpc) is 2.04. The van der Waals surface area contributed by atoms with Crippen molar-refractivity contribution in [2.75, 3.05) is 6.61 Å². The van der Waals surface area contributed by atoms with E-state index in [1.54, 1.807) is 12.1 Å². The van der Waals surface area contributed by atoms with Gasteiger partial charge in [-0.1, -0.05) is 6.07 Å². The van der Waals surface area contributed by atoms with Crippen molar-refractivity contribution < 1.29 is 9.13 Å². The zero-order chi connectivity index (χ0) is 8.55. The molecule has 0 amide bonds. The van der Waals surface area contributed by atoms with Gasteiger partial charge in [-0.05, 0) is 12.1 Å². The normalized spacial score (nSPS) is 21.3. The third-order valence-electron chi connectivity index (χ3n) is 1.96. The fourth-order valence-corrected chi connectivity index (χ4v) is 1.66. The summed E-state index contributed by atoms with van der Waals surface area (Å²) in [6.07, 6.45) is 0.676. The van der Waals surface area contributed by atoms with Gasteiger partial charge in [0, 0.05) is 12.0 Å². The van der Waals surface area contributed by atoms with Crippen molar-refractivity contribution in [2.45, 2.75) is 11.8 Å². The summed E-state index contributed by atoms with van der Waals surface area (Å²) in [5, 5.41) is -0.241. The van der Waals surface area contributed by atoms with Crippen LogP contribution in [0.1, 0.15) is 17.4 Å². The summed E-state index contributed by atoms with van der Waals surface area (Å²) in [6.45, 7) is 0.574. The van der Waals surface area contributed by atoms with Crippen molar-refractivity contribution in [3.05, 3.63) is 29.6 Å². The molecule has 0 radical (unpaired) electrons. The third-order valence-corrected chi connectivity index (χ3v) is 2.39. The van der Waals surface area contributed by atoms with Crippen LogP contribution in [-0.2, 0) is 0 Å². The van der Waals surface area contributed by atoms with E-state index in [0.717, 1.165) is 0 Å². The summed E-state index contributed by atoms with van der Waals surface area (Å²) in [4.78, 5) is 0. The lowest BCUT2D eigenvalue weighted by atomic mass is 10.1. The summed E-state index contributed by atoms with van der Waals surface area (Å²) in [5.41, 5.74) is 0.505. The lowest BCUT2D eigenvalue weighted by Gasteiger charge is -2.21. The van der Waals surface area contributed by atoms with E-state index < -0.39 is 0 Å². The molecule has 1 aliphatic rings.